The van der Waals surface area contributed by atoms with Gasteiger partial charge in [-0.3, -0.25) is 19.1 Å². The maximum atomic E-state index is 13.4. The molecule has 154 valence electrons. The molecule has 0 spiro atoms. The van der Waals surface area contributed by atoms with Crippen LogP contribution in [0.3, 0.4) is 0 Å². The zero-order valence-corrected chi connectivity index (χ0v) is 17.4. The summed E-state index contributed by atoms with van der Waals surface area (Å²) in [5, 5.41) is 3.50. The van der Waals surface area contributed by atoms with Crippen LogP contribution in [-0.4, -0.2) is 58.6 Å². The SMILES string of the molecule is CC(C)NC(=O)Cn1c(C2CC2)nc2ccc(N3C[C@@H]4C[C@H]3CN4C)cc2c1=O. The van der Waals surface area contributed by atoms with Gasteiger partial charge in [0.05, 0.1) is 10.9 Å². The number of nitrogens with zero attached hydrogens (tertiary/aromatic N) is 4. The van der Waals surface area contributed by atoms with Gasteiger partial charge in [0.2, 0.25) is 5.91 Å². The molecule has 29 heavy (non-hydrogen) atoms. The number of likely N-dealkylation sites (tertiary alicyclic amines) is 1. The lowest BCUT2D eigenvalue weighted by atomic mass is 10.1. The maximum Gasteiger partial charge on any atom is 0.261 e. The highest BCUT2D eigenvalue weighted by atomic mass is 16.2. The quantitative estimate of drug-likeness (QED) is 0.834. The fraction of sp³-hybridized carbons (Fsp3) is 0.591. The Morgan fingerprint density at radius 3 is 2.66 bits per heavy atom. The minimum absolute atomic E-state index is 0.0369. The fourth-order valence-corrected chi connectivity index (χ4v) is 4.90. The largest absolute Gasteiger partial charge is 0.366 e. The number of piperazine rings is 1. The molecule has 3 fully saturated rings. The van der Waals surface area contributed by atoms with Crippen LogP contribution in [0, 0.1) is 0 Å². The first-order chi connectivity index (χ1) is 13.9. The second kappa shape index (κ2) is 6.83. The van der Waals surface area contributed by atoms with E-state index in [0.717, 1.165) is 43.0 Å². The van der Waals surface area contributed by atoms with Crippen molar-refractivity contribution >= 4 is 22.5 Å². The first kappa shape index (κ1) is 18.6. The van der Waals surface area contributed by atoms with Gasteiger partial charge in [0.15, 0.2) is 0 Å². The predicted molar refractivity (Wildman–Crippen MR) is 113 cm³/mol. The Hall–Kier alpha value is -2.41. The third-order valence-corrected chi connectivity index (χ3v) is 6.51. The molecule has 0 radical (unpaired) electrons. The Bertz CT molecular complexity index is 1020. The van der Waals surface area contributed by atoms with Crippen LogP contribution in [0.1, 0.15) is 44.9 Å². The summed E-state index contributed by atoms with van der Waals surface area (Å²) in [6.07, 6.45) is 3.26. The first-order valence-electron chi connectivity index (χ1n) is 10.7. The van der Waals surface area contributed by atoms with E-state index in [-0.39, 0.29) is 24.1 Å². The number of rotatable bonds is 5. The first-order valence-corrected chi connectivity index (χ1v) is 10.7. The summed E-state index contributed by atoms with van der Waals surface area (Å²) in [7, 11) is 2.19. The lowest BCUT2D eigenvalue weighted by Crippen LogP contribution is -2.44. The van der Waals surface area contributed by atoms with E-state index in [1.54, 1.807) is 4.57 Å². The topological polar surface area (TPSA) is 70.5 Å². The molecule has 1 N–H and O–H groups in total. The van der Waals surface area contributed by atoms with Crippen molar-refractivity contribution in [2.24, 2.45) is 0 Å². The summed E-state index contributed by atoms with van der Waals surface area (Å²) in [4.78, 5) is 35.4. The lowest BCUT2D eigenvalue weighted by Gasteiger charge is -2.33. The number of carbonyl (C=O) groups is 1. The van der Waals surface area contributed by atoms with Crippen molar-refractivity contribution in [3.8, 4) is 0 Å². The summed E-state index contributed by atoms with van der Waals surface area (Å²) in [6, 6.07) is 7.22. The van der Waals surface area contributed by atoms with Crippen LogP contribution in [0.2, 0.25) is 0 Å². The molecule has 1 amide bonds. The molecule has 3 aliphatic rings. The predicted octanol–water partition coefficient (Wildman–Crippen LogP) is 1.69. The van der Waals surface area contributed by atoms with E-state index in [9.17, 15) is 9.59 Å². The minimum atomic E-state index is -0.138. The Balaban J connectivity index is 1.53. The van der Waals surface area contributed by atoms with Gasteiger partial charge < -0.3 is 10.2 Å². The zero-order valence-electron chi connectivity index (χ0n) is 17.4. The monoisotopic (exact) mass is 395 g/mol. The van der Waals surface area contributed by atoms with Gasteiger partial charge in [-0.05, 0) is 58.4 Å². The number of hydrogen-bond acceptors (Lipinski definition) is 5. The van der Waals surface area contributed by atoms with Crippen molar-refractivity contribution in [1.29, 1.82) is 0 Å². The van der Waals surface area contributed by atoms with Crippen molar-refractivity contribution in [3.63, 3.8) is 0 Å². The van der Waals surface area contributed by atoms with E-state index >= 15 is 0 Å². The van der Waals surface area contributed by atoms with Crippen LogP contribution in [0.25, 0.3) is 10.9 Å². The van der Waals surface area contributed by atoms with Gasteiger partial charge in [-0.2, -0.15) is 0 Å². The van der Waals surface area contributed by atoms with Crippen molar-refractivity contribution < 1.29 is 4.79 Å². The van der Waals surface area contributed by atoms with Crippen molar-refractivity contribution in [2.75, 3.05) is 25.0 Å². The molecule has 1 aromatic carbocycles. The van der Waals surface area contributed by atoms with E-state index < -0.39 is 0 Å². The van der Waals surface area contributed by atoms with E-state index in [4.69, 9.17) is 4.98 Å². The number of fused-ring (bicyclic) bond motifs is 3. The summed E-state index contributed by atoms with van der Waals surface area (Å²) >= 11 is 0. The lowest BCUT2D eigenvalue weighted by molar-refractivity contribution is -0.122. The number of amides is 1. The molecule has 2 aliphatic heterocycles. The molecular formula is C22H29N5O2. The highest BCUT2D eigenvalue weighted by molar-refractivity contribution is 5.83. The highest BCUT2D eigenvalue weighted by Gasteiger charge is 2.41. The van der Waals surface area contributed by atoms with Gasteiger partial charge in [-0.15, -0.1) is 0 Å². The van der Waals surface area contributed by atoms with Crippen LogP contribution in [-0.2, 0) is 11.3 Å². The maximum absolute atomic E-state index is 13.4. The molecule has 1 aromatic heterocycles. The van der Waals surface area contributed by atoms with Crippen molar-refractivity contribution in [1.82, 2.24) is 19.8 Å². The Labute approximate surface area is 170 Å². The molecule has 2 atom stereocenters. The van der Waals surface area contributed by atoms with Gasteiger partial charge in [0.1, 0.15) is 12.4 Å². The molecule has 7 nitrogen and oxygen atoms in total. The zero-order chi connectivity index (χ0) is 20.3. The minimum Gasteiger partial charge on any atom is -0.366 e. The van der Waals surface area contributed by atoms with Gasteiger partial charge in [-0.1, -0.05) is 0 Å². The smallest absolute Gasteiger partial charge is 0.261 e. The molecule has 2 bridgehead atoms. The molecule has 2 aromatic rings. The molecular weight excluding hydrogens is 366 g/mol. The second-order valence-corrected chi connectivity index (χ2v) is 9.19. The van der Waals surface area contributed by atoms with Crippen LogP contribution in [0.15, 0.2) is 23.0 Å². The normalized spacial score (nSPS) is 24.1. The average molecular weight is 396 g/mol. The van der Waals surface area contributed by atoms with E-state index in [2.05, 4.69) is 28.2 Å². The van der Waals surface area contributed by atoms with Gasteiger partial charge in [-0.25, -0.2) is 4.98 Å². The van der Waals surface area contributed by atoms with Crippen LogP contribution in [0.4, 0.5) is 5.69 Å². The summed E-state index contributed by atoms with van der Waals surface area (Å²) in [5.41, 5.74) is 1.73. The third-order valence-electron chi connectivity index (χ3n) is 6.51. The molecule has 5 rings (SSSR count). The Kier molecular flexibility index (Phi) is 4.38. The molecule has 7 heteroatoms. The van der Waals surface area contributed by atoms with Gasteiger partial charge >= 0.3 is 0 Å². The summed E-state index contributed by atoms with van der Waals surface area (Å²) < 4.78 is 1.60. The summed E-state index contributed by atoms with van der Waals surface area (Å²) in [6.45, 7) is 5.96. The number of benzene rings is 1. The standard InChI is InChI=1S/C22H29N5O2/c1-13(2)23-20(28)12-27-21(14-4-5-14)24-19-7-6-15(9-18(19)22(27)29)26-11-16-8-17(26)10-25(16)3/h6-7,9,13-14,16-17H,4-5,8,10-12H2,1-3H3,(H,23,28)/t16-,17-/m0/s1. The number of carbonyl (C=O) groups excluding carboxylic acids is 1. The number of aromatic nitrogens is 2. The third kappa shape index (κ3) is 3.31. The van der Waals surface area contributed by atoms with Crippen molar-refractivity contribution in [3.05, 3.63) is 34.4 Å². The van der Waals surface area contributed by atoms with E-state index in [1.165, 1.54) is 6.42 Å². The second-order valence-electron chi connectivity index (χ2n) is 9.19. The van der Waals surface area contributed by atoms with E-state index in [0.29, 0.717) is 23.4 Å². The molecule has 1 saturated carbocycles. The molecule has 3 heterocycles. The number of anilines is 1. The number of hydrogen-bond donors (Lipinski definition) is 1. The van der Waals surface area contributed by atoms with E-state index in [1.807, 2.05) is 26.0 Å². The van der Waals surface area contributed by atoms with Crippen molar-refractivity contribution in [2.45, 2.75) is 63.7 Å². The molecule has 1 aliphatic carbocycles. The molecule has 0 unspecified atom stereocenters. The number of likely N-dealkylation sites (N-methyl/N-ethyl adjacent to an activating group) is 1. The summed E-state index contributed by atoms with van der Waals surface area (Å²) in [5.74, 6) is 0.917. The van der Waals surface area contributed by atoms with Gasteiger partial charge in [0, 0.05) is 42.8 Å². The van der Waals surface area contributed by atoms with Gasteiger partial charge in [0.25, 0.3) is 5.56 Å². The van der Waals surface area contributed by atoms with Crippen LogP contribution >= 0.6 is 0 Å². The molecule has 2 saturated heterocycles. The fourth-order valence-electron chi connectivity index (χ4n) is 4.90. The average Bonchev–Trinajstić information content (AvgIpc) is 3.34. The van der Waals surface area contributed by atoms with Crippen LogP contribution < -0.4 is 15.8 Å². The highest BCUT2D eigenvalue weighted by Crippen LogP contribution is 2.39. The number of nitrogens with one attached hydrogen (secondary N) is 1. The van der Waals surface area contributed by atoms with Crippen LogP contribution in [0.5, 0.6) is 0 Å². The Morgan fingerprint density at radius 2 is 2.03 bits per heavy atom. The Morgan fingerprint density at radius 1 is 1.24 bits per heavy atom.